The topological polar surface area (TPSA) is 46.3 Å². The van der Waals surface area contributed by atoms with Crippen molar-refractivity contribution in [3.8, 4) is 0 Å². The smallest absolute Gasteiger partial charge is 0.263 e. The van der Waals surface area contributed by atoms with Crippen molar-refractivity contribution in [2.45, 2.75) is 12.8 Å². The zero-order valence-electron chi connectivity index (χ0n) is 9.09. The van der Waals surface area contributed by atoms with Crippen LogP contribution in [0.2, 0.25) is 0 Å². The molecule has 0 aliphatic carbocycles. The number of hydrogen-bond donors (Lipinski definition) is 1. The molecule has 1 fully saturated rings. The molecule has 1 amide bonds. The van der Waals surface area contributed by atoms with E-state index in [1.807, 2.05) is 22.4 Å². The summed E-state index contributed by atoms with van der Waals surface area (Å²) >= 11 is 1.52. The van der Waals surface area contributed by atoms with Gasteiger partial charge in [0.1, 0.15) is 0 Å². The average molecular weight is 261 g/mol. The minimum Gasteiger partial charge on any atom is -0.338 e. The maximum absolute atomic E-state index is 12.0. The number of halogens is 1. The Morgan fingerprint density at radius 2 is 2.19 bits per heavy atom. The zero-order valence-corrected chi connectivity index (χ0v) is 10.7. The summed E-state index contributed by atoms with van der Waals surface area (Å²) in [6.45, 7) is 2.47. The Labute approximate surface area is 106 Å². The van der Waals surface area contributed by atoms with Gasteiger partial charge in [-0.1, -0.05) is 6.07 Å². The van der Waals surface area contributed by atoms with Crippen LogP contribution < -0.4 is 5.73 Å². The van der Waals surface area contributed by atoms with Crippen molar-refractivity contribution in [1.29, 1.82) is 0 Å². The Balaban J connectivity index is 0.00000128. The van der Waals surface area contributed by atoms with Crippen molar-refractivity contribution < 1.29 is 4.79 Å². The SMILES string of the molecule is Cl.NCC1CCN(C(=O)c2cccs2)CC1. The average Bonchev–Trinajstić information content (AvgIpc) is 2.82. The number of nitrogens with zero attached hydrogens (tertiary/aromatic N) is 1. The summed E-state index contributed by atoms with van der Waals surface area (Å²) in [6.07, 6.45) is 2.10. The van der Waals surface area contributed by atoms with Gasteiger partial charge in [-0.3, -0.25) is 4.79 Å². The third-order valence-electron chi connectivity index (χ3n) is 2.97. The molecule has 0 unspecified atom stereocenters. The van der Waals surface area contributed by atoms with Crippen LogP contribution in [0.5, 0.6) is 0 Å². The first kappa shape index (κ1) is 13.5. The Hall–Kier alpha value is -0.580. The van der Waals surface area contributed by atoms with E-state index >= 15 is 0 Å². The van der Waals surface area contributed by atoms with Crippen molar-refractivity contribution >= 4 is 29.7 Å². The molecule has 0 radical (unpaired) electrons. The van der Waals surface area contributed by atoms with E-state index in [-0.39, 0.29) is 18.3 Å². The van der Waals surface area contributed by atoms with Crippen LogP contribution in [0.1, 0.15) is 22.5 Å². The van der Waals surface area contributed by atoms with E-state index in [0.717, 1.165) is 37.4 Å². The summed E-state index contributed by atoms with van der Waals surface area (Å²) in [6, 6.07) is 3.81. The largest absolute Gasteiger partial charge is 0.338 e. The molecule has 0 bridgehead atoms. The van der Waals surface area contributed by atoms with E-state index in [4.69, 9.17) is 5.73 Å². The fraction of sp³-hybridized carbons (Fsp3) is 0.545. The normalized spacial score (nSPS) is 16.9. The summed E-state index contributed by atoms with van der Waals surface area (Å²) in [7, 11) is 0. The van der Waals surface area contributed by atoms with Gasteiger partial charge in [-0.15, -0.1) is 23.7 Å². The van der Waals surface area contributed by atoms with Crippen molar-refractivity contribution in [1.82, 2.24) is 4.90 Å². The minimum absolute atomic E-state index is 0. The summed E-state index contributed by atoms with van der Waals surface area (Å²) in [5, 5.41) is 1.94. The lowest BCUT2D eigenvalue weighted by atomic mass is 9.97. The maximum Gasteiger partial charge on any atom is 0.263 e. The van der Waals surface area contributed by atoms with Gasteiger partial charge >= 0.3 is 0 Å². The van der Waals surface area contributed by atoms with E-state index in [9.17, 15) is 4.79 Å². The molecular formula is C11H17ClN2OS. The monoisotopic (exact) mass is 260 g/mol. The molecule has 0 spiro atoms. The summed E-state index contributed by atoms with van der Waals surface area (Å²) < 4.78 is 0. The zero-order chi connectivity index (χ0) is 10.7. The molecule has 1 saturated heterocycles. The van der Waals surface area contributed by atoms with Crippen molar-refractivity contribution in [2.75, 3.05) is 19.6 Å². The van der Waals surface area contributed by atoms with Crippen LogP contribution in [0, 0.1) is 5.92 Å². The number of nitrogens with two attached hydrogens (primary N) is 1. The summed E-state index contributed by atoms with van der Waals surface area (Å²) in [5.74, 6) is 0.790. The minimum atomic E-state index is 0. The van der Waals surface area contributed by atoms with Crippen molar-refractivity contribution in [3.05, 3.63) is 22.4 Å². The van der Waals surface area contributed by atoms with Crippen molar-refractivity contribution in [2.24, 2.45) is 11.7 Å². The van der Waals surface area contributed by atoms with Gasteiger partial charge in [-0.2, -0.15) is 0 Å². The van der Waals surface area contributed by atoms with Gasteiger partial charge in [0.15, 0.2) is 0 Å². The predicted octanol–water partition coefficient (Wildman–Crippen LogP) is 1.98. The molecular weight excluding hydrogens is 244 g/mol. The molecule has 2 N–H and O–H groups in total. The van der Waals surface area contributed by atoms with E-state index in [0.29, 0.717) is 5.92 Å². The lowest BCUT2D eigenvalue weighted by Gasteiger charge is -2.31. The van der Waals surface area contributed by atoms with Gasteiger partial charge in [0.2, 0.25) is 0 Å². The second kappa shape index (κ2) is 6.23. The first-order valence-corrected chi connectivity index (χ1v) is 6.22. The molecule has 2 heterocycles. The molecule has 0 aromatic carbocycles. The van der Waals surface area contributed by atoms with Gasteiger partial charge < -0.3 is 10.6 Å². The van der Waals surface area contributed by atoms with E-state index in [1.165, 1.54) is 11.3 Å². The number of amides is 1. The van der Waals surface area contributed by atoms with E-state index in [1.54, 1.807) is 0 Å². The van der Waals surface area contributed by atoms with Gasteiger partial charge in [0, 0.05) is 13.1 Å². The molecule has 1 aliphatic heterocycles. The Bertz CT molecular complexity index is 321. The van der Waals surface area contributed by atoms with Crippen LogP contribution in [0.25, 0.3) is 0 Å². The van der Waals surface area contributed by atoms with Gasteiger partial charge in [-0.25, -0.2) is 0 Å². The lowest BCUT2D eigenvalue weighted by molar-refractivity contribution is 0.0698. The van der Waals surface area contributed by atoms with Crippen LogP contribution in [0.3, 0.4) is 0 Å². The molecule has 1 aromatic rings. The Morgan fingerprint density at radius 1 is 1.50 bits per heavy atom. The van der Waals surface area contributed by atoms with Crippen LogP contribution in [-0.2, 0) is 0 Å². The fourth-order valence-corrected chi connectivity index (χ4v) is 2.62. The number of carbonyl (C=O) groups is 1. The second-order valence-corrected chi connectivity index (χ2v) is 4.90. The third kappa shape index (κ3) is 2.97. The van der Waals surface area contributed by atoms with Crippen LogP contribution in [0.15, 0.2) is 17.5 Å². The molecule has 5 heteroatoms. The molecule has 16 heavy (non-hydrogen) atoms. The highest BCUT2D eigenvalue weighted by atomic mass is 35.5. The highest BCUT2D eigenvalue weighted by Gasteiger charge is 2.22. The first-order chi connectivity index (χ1) is 7.31. The molecule has 1 aliphatic rings. The predicted molar refractivity (Wildman–Crippen MR) is 69.2 cm³/mol. The Morgan fingerprint density at radius 3 is 2.69 bits per heavy atom. The highest BCUT2D eigenvalue weighted by molar-refractivity contribution is 7.12. The molecule has 3 nitrogen and oxygen atoms in total. The highest BCUT2D eigenvalue weighted by Crippen LogP contribution is 2.19. The summed E-state index contributed by atoms with van der Waals surface area (Å²) in [4.78, 5) is 14.8. The fourth-order valence-electron chi connectivity index (χ4n) is 1.93. The van der Waals surface area contributed by atoms with Crippen LogP contribution in [0.4, 0.5) is 0 Å². The molecule has 0 atom stereocenters. The first-order valence-electron chi connectivity index (χ1n) is 5.34. The number of rotatable bonds is 2. The van der Waals surface area contributed by atoms with Crippen LogP contribution in [-0.4, -0.2) is 30.4 Å². The lowest BCUT2D eigenvalue weighted by Crippen LogP contribution is -2.39. The number of thiophene rings is 1. The number of likely N-dealkylation sites (tertiary alicyclic amines) is 1. The van der Waals surface area contributed by atoms with E-state index < -0.39 is 0 Å². The Kier molecular flexibility index (Phi) is 5.25. The quantitative estimate of drug-likeness (QED) is 0.884. The molecule has 0 saturated carbocycles. The maximum atomic E-state index is 12.0. The standard InChI is InChI=1S/C11H16N2OS.ClH/c12-8-9-3-5-13(6-4-9)11(14)10-2-1-7-15-10;/h1-2,7,9H,3-6,8,12H2;1H. The van der Waals surface area contributed by atoms with E-state index in [2.05, 4.69) is 0 Å². The van der Waals surface area contributed by atoms with Gasteiger partial charge in [-0.05, 0) is 36.8 Å². The summed E-state index contributed by atoms with van der Waals surface area (Å²) in [5.41, 5.74) is 5.62. The van der Waals surface area contributed by atoms with Crippen molar-refractivity contribution in [3.63, 3.8) is 0 Å². The number of hydrogen-bond acceptors (Lipinski definition) is 3. The molecule has 2 rings (SSSR count). The third-order valence-corrected chi connectivity index (χ3v) is 3.82. The van der Waals surface area contributed by atoms with Gasteiger partial charge in [0.25, 0.3) is 5.91 Å². The molecule has 1 aromatic heterocycles. The second-order valence-electron chi connectivity index (χ2n) is 3.95. The van der Waals surface area contributed by atoms with Crippen LogP contribution >= 0.6 is 23.7 Å². The number of carbonyl (C=O) groups excluding carboxylic acids is 1. The number of piperidine rings is 1. The molecule has 90 valence electrons. The van der Waals surface area contributed by atoms with Gasteiger partial charge in [0.05, 0.1) is 4.88 Å².